The topological polar surface area (TPSA) is 78.9 Å². The van der Waals surface area contributed by atoms with Crippen molar-refractivity contribution >= 4 is 5.91 Å². The Morgan fingerprint density at radius 2 is 2.40 bits per heavy atom. The number of aromatic nitrogens is 1. The van der Waals surface area contributed by atoms with E-state index in [0.29, 0.717) is 11.5 Å². The molecule has 0 radical (unpaired) electrons. The number of hydrogen-bond donors (Lipinski definition) is 1. The van der Waals surface area contributed by atoms with Gasteiger partial charge in [-0.15, -0.1) is 0 Å². The number of nitrogens with zero attached hydrogens (tertiary/aromatic N) is 2. The van der Waals surface area contributed by atoms with Gasteiger partial charge in [0.1, 0.15) is 11.3 Å². The van der Waals surface area contributed by atoms with E-state index < -0.39 is 5.54 Å². The first kappa shape index (κ1) is 11.2. The molecule has 0 bridgehead atoms. The van der Waals surface area contributed by atoms with E-state index in [2.05, 4.69) is 10.5 Å². The van der Waals surface area contributed by atoms with Crippen molar-refractivity contribution in [3.8, 4) is 6.07 Å². The van der Waals surface area contributed by atoms with Crippen LogP contribution in [0.15, 0.2) is 10.6 Å². The summed E-state index contributed by atoms with van der Waals surface area (Å²) in [4.78, 5) is 11.5. The van der Waals surface area contributed by atoms with Crippen molar-refractivity contribution in [2.24, 2.45) is 0 Å². The minimum Gasteiger partial charge on any atom is -0.361 e. The fourth-order valence-corrected chi connectivity index (χ4v) is 1.09. The fraction of sp³-hybridized carbons (Fsp3) is 0.500. The average Bonchev–Trinajstić information content (AvgIpc) is 2.50. The molecule has 0 aromatic carbocycles. The lowest BCUT2D eigenvalue weighted by molar-refractivity contribution is -0.121. The molecule has 0 spiro atoms. The summed E-state index contributed by atoms with van der Waals surface area (Å²) >= 11 is 0. The Kier molecular flexibility index (Phi) is 3.10. The normalized spacial score (nSPS) is 10.8. The van der Waals surface area contributed by atoms with Gasteiger partial charge >= 0.3 is 0 Å². The molecule has 0 unspecified atom stereocenters. The molecule has 0 aliphatic heterocycles. The first-order chi connectivity index (χ1) is 6.93. The molecule has 5 nitrogen and oxygen atoms in total. The second-order valence-corrected chi connectivity index (χ2v) is 3.89. The van der Waals surface area contributed by atoms with Gasteiger partial charge in [0.15, 0.2) is 0 Å². The first-order valence-electron chi connectivity index (χ1n) is 4.57. The molecule has 0 aliphatic carbocycles. The lowest BCUT2D eigenvalue weighted by Gasteiger charge is -2.16. The summed E-state index contributed by atoms with van der Waals surface area (Å²) in [6, 6.07) is 3.68. The predicted molar refractivity (Wildman–Crippen MR) is 52.8 cm³/mol. The van der Waals surface area contributed by atoms with Crippen molar-refractivity contribution in [3.05, 3.63) is 17.5 Å². The Morgan fingerprint density at radius 1 is 1.73 bits per heavy atom. The summed E-state index contributed by atoms with van der Waals surface area (Å²) in [5.74, 6) is 0.423. The quantitative estimate of drug-likeness (QED) is 0.800. The minimum absolute atomic E-state index is 0.127. The van der Waals surface area contributed by atoms with Gasteiger partial charge in [-0.2, -0.15) is 5.26 Å². The molecule has 0 fully saturated rings. The van der Waals surface area contributed by atoms with Gasteiger partial charge in [-0.3, -0.25) is 4.79 Å². The van der Waals surface area contributed by atoms with Crippen LogP contribution in [0.3, 0.4) is 0 Å². The van der Waals surface area contributed by atoms with E-state index in [4.69, 9.17) is 9.78 Å². The summed E-state index contributed by atoms with van der Waals surface area (Å²) in [6.07, 6.45) is 0.127. The van der Waals surface area contributed by atoms with Crippen LogP contribution in [-0.2, 0) is 11.2 Å². The minimum atomic E-state index is -0.851. The standard InChI is InChI=1S/C10H13N3O2/c1-7-4-8(13-15-7)5-9(14)12-10(2,3)6-11/h4H,5H2,1-3H3,(H,12,14). The number of hydrogen-bond acceptors (Lipinski definition) is 4. The van der Waals surface area contributed by atoms with Gasteiger partial charge in [-0.1, -0.05) is 5.16 Å². The molecule has 80 valence electrons. The number of rotatable bonds is 3. The van der Waals surface area contributed by atoms with Crippen LogP contribution >= 0.6 is 0 Å². The molecule has 1 aromatic rings. The van der Waals surface area contributed by atoms with Crippen molar-refractivity contribution in [2.45, 2.75) is 32.7 Å². The summed E-state index contributed by atoms with van der Waals surface area (Å²) in [5, 5.41) is 15.0. The largest absolute Gasteiger partial charge is 0.361 e. The third-order valence-corrected chi connectivity index (χ3v) is 1.75. The molecule has 0 saturated carbocycles. The number of amides is 1. The van der Waals surface area contributed by atoms with Crippen molar-refractivity contribution in [1.29, 1.82) is 5.26 Å². The van der Waals surface area contributed by atoms with Gasteiger partial charge in [0.05, 0.1) is 18.2 Å². The smallest absolute Gasteiger partial charge is 0.227 e. The molecule has 1 N–H and O–H groups in total. The van der Waals surface area contributed by atoms with E-state index in [1.165, 1.54) is 0 Å². The molecule has 1 heterocycles. The zero-order chi connectivity index (χ0) is 11.5. The summed E-state index contributed by atoms with van der Waals surface area (Å²) in [7, 11) is 0. The van der Waals surface area contributed by atoms with Crippen LogP contribution in [0.25, 0.3) is 0 Å². The Hall–Kier alpha value is -1.83. The number of carbonyl (C=O) groups is 1. The maximum absolute atomic E-state index is 11.5. The average molecular weight is 207 g/mol. The molecule has 1 rings (SSSR count). The van der Waals surface area contributed by atoms with E-state index in [1.807, 2.05) is 6.07 Å². The van der Waals surface area contributed by atoms with Crippen molar-refractivity contribution in [2.75, 3.05) is 0 Å². The van der Waals surface area contributed by atoms with Crippen LogP contribution in [0.1, 0.15) is 25.3 Å². The lowest BCUT2D eigenvalue weighted by atomic mass is 10.1. The van der Waals surface area contributed by atoms with Crippen molar-refractivity contribution in [1.82, 2.24) is 10.5 Å². The van der Waals surface area contributed by atoms with E-state index in [-0.39, 0.29) is 12.3 Å². The highest BCUT2D eigenvalue weighted by atomic mass is 16.5. The molecule has 15 heavy (non-hydrogen) atoms. The second-order valence-electron chi connectivity index (χ2n) is 3.89. The maximum atomic E-state index is 11.5. The molecular formula is C10H13N3O2. The zero-order valence-electron chi connectivity index (χ0n) is 9.00. The van der Waals surface area contributed by atoms with E-state index in [0.717, 1.165) is 0 Å². The van der Waals surface area contributed by atoms with Gasteiger partial charge in [-0.25, -0.2) is 0 Å². The Labute approximate surface area is 88.1 Å². The van der Waals surface area contributed by atoms with Gasteiger partial charge in [0.2, 0.25) is 5.91 Å². The molecule has 1 aromatic heterocycles. The Bertz CT molecular complexity index is 401. The summed E-state index contributed by atoms with van der Waals surface area (Å²) in [6.45, 7) is 5.03. The predicted octanol–water partition coefficient (Wildman–Crippen LogP) is 0.944. The highest BCUT2D eigenvalue weighted by Crippen LogP contribution is 2.04. The van der Waals surface area contributed by atoms with Crippen molar-refractivity contribution in [3.63, 3.8) is 0 Å². The molecule has 1 amide bonds. The molecule has 5 heteroatoms. The van der Waals surface area contributed by atoms with Crippen LogP contribution in [0.4, 0.5) is 0 Å². The first-order valence-corrected chi connectivity index (χ1v) is 4.57. The fourth-order valence-electron chi connectivity index (χ4n) is 1.09. The van der Waals surface area contributed by atoms with Crippen LogP contribution in [0.2, 0.25) is 0 Å². The highest BCUT2D eigenvalue weighted by molar-refractivity contribution is 5.79. The van der Waals surface area contributed by atoms with Gasteiger partial charge in [0, 0.05) is 6.07 Å². The van der Waals surface area contributed by atoms with Gasteiger partial charge in [-0.05, 0) is 20.8 Å². The van der Waals surface area contributed by atoms with Crippen LogP contribution in [0.5, 0.6) is 0 Å². The van der Waals surface area contributed by atoms with Crippen molar-refractivity contribution < 1.29 is 9.32 Å². The molecule has 0 atom stereocenters. The monoisotopic (exact) mass is 207 g/mol. The van der Waals surface area contributed by atoms with Crippen LogP contribution in [-0.4, -0.2) is 16.6 Å². The maximum Gasteiger partial charge on any atom is 0.227 e. The second kappa shape index (κ2) is 4.13. The Morgan fingerprint density at radius 3 is 2.87 bits per heavy atom. The summed E-state index contributed by atoms with van der Waals surface area (Å²) in [5.41, 5.74) is -0.283. The highest BCUT2D eigenvalue weighted by Gasteiger charge is 2.19. The Balaban J connectivity index is 2.55. The van der Waals surface area contributed by atoms with E-state index in [1.54, 1.807) is 26.8 Å². The number of aryl methyl sites for hydroxylation is 1. The number of nitriles is 1. The van der Waals surface area contributed by atoms with Gasteiger partial charge in [0.25, 0.3) is 0 Å². The summed E-state index contributed by atoms with van der Waals surface area (Å²) < 4.78 is 4.83. The van der Waals surface area contributed by atoms with Crippen LogP contribution < -0.4 is 5.32 Å². The lowest BCUT2D eigenvalue weighted by Crippen LogP contribution is -2.42. The van der Waals surface area contributed by atoms with E-state index >= 15 is 0 Å². The molecule has 0 saturated heterocycles. The number of nitrogens with one attached hydrogen (secondary N) is 1. The third kappa shape index (κ3) is 3.43. The zero-order valence-corrected chi connectivity index (χ0v) is 9.00. The van der Waals surface area contributed by atoms with Crippen LogP contribution in [0, 0.1) is 18.3 Å². The molecule has 0 aliphatic rings. The van der Waals surface area contributed by atoms with Gasteiger partial charge < -0.3 is 9.84 Å². The molecular weight excluding hydrogens is 194 g/mol. The number of carbonyl (C=O) groups excluding carboxylic acids is 1. The third-order valence-electron chi connectivity index (χ3n) is 1.75. The SMILES string of the molecule is Cc1cc(CC(=O)NC(C)(C)C#N)no1. The van der Waals surface area contributed by atoms with E-state index in [9.17, 15) is 4.79 Å².